The molecule has 4 aliphatic carbocycles. The van der Waals surface area contributed by atoms with E-state index in [1.54, 1.807) is 6.07 Å². The normalized spacial score (nSPS) is 45.3. The van der Waals surface area contributed by atoms with E-state index in [2.05, 4.69) is 33.8 Å². The Hall–Kier alpha value is -1.62. The number of phenolic OH excluding ortho intramolecular Hbond substituents is 2. The molecule has 1 aromatic carbocycles. The van der Waals surface area contributed by atoms with Gasteiger partial charge in [-0.2, -0.15) is 12.6 Å². The molecule has 0 radical (unpaired) electrons. The van der Waals surface area contributed by atoms with Gasteiger partial charge >= 0.3 is 5.97 Å². The number of fused-ring (bicyclic) bond motifs is 7. The molecule has 0 heterocycles. The molecule has 4 aliphatic rings. The molecule has 7 atom stereocenters. The quantitative estimate of drug-likeness (QED) is 0.195. The minimum absolute atomic E-state index is 0.0124. The fourth-order valence-corrected chi connectivity index (χ4v) is 9.39. The van der Waals surface area contributed by atoms with Crippen LogP contribution in [-0.4, -0.2) is 21.3 Å². The van der Waals surface area contributed by atoms with Gasteiger partial charge in [0.15, 0.2) is 11.5 Å². The molecule has 0 aromatic heterocycles. The molecule has 1 aromatic rings. The minimum Gasteiger partial charge on any atom is -0.504 e. The van der Waals surface area contributed by atoms with Gasteiger partial charge in [0.2, 0.25) is 0 Å². The van der Waals surface area contributed by atoms with Gasteiger partial charge in [-0.25, -0.2) is 0 Å². The highest BCUT2D eigenvalue weighted by Gasteiger charge is 2.67. The van der Waals surface area contributed by atoms with Crippen LogP contribution in [0.4, 0.5) is 0 Å². The van der Waals surface area contributed by atoms with Crippen molar-refractivity contribution in [3.63, 3.8) is 0 Å². The summed E-state index contributed by atoms with van der Waals surface area (Å²) in [6.45, 7) is 13.4. The number of aromatic hydroxyl groups is 2. The first-order chi connectivity index (χ1) is 15.6. The zero-order valence-electron chi connectivity index (χ0n) is 21.5. The summed E-state index contributed by atoms with van der Waals surface area (Å²) in [5.74, 6) is -0.418. The van der Waals surface area contributed by atoms with Crippen molar-refractivity contribution >= 4 is 18.6 Å². The highest BCUT2D eigenvalue weighted by molar-refractivity contribution is 7.80. The van der Waals surface area contributed by atoms with Crippen molar-refractivity contribution in [3.05, 3.63) is 34.4 Å². The molecule has 5 heteroatoms. The maximum atomic E-state index is 12.3. The Balaban J connectivity index is 1.66. The maximum absolute atomic E-state index is 12.3. The summed E-state index contributed by atoms with van der Waals surface area (Å²) in [6, 6.07) is 1.77. The molecule has 34 heavy (non-hydrogen) atoms. The van der Waals surface area contributed by atoms with Crippen LogP contribution in [0.1, 0.15) is 102 Å². The Labute approximate surface area is 209 Å². The molecule has 186 valence electrons. The molecular formula is C29H40O4S. The van der Waals surface area contributed by atoms with E-state index in [0.29, 0.717) is 11.5 Å². The summed E-state index contributed by atoms with van der Waals surface area (Å²) in [5, 5.41) is 30.9. The number of carboxylic acids is 1. The third-order valence-electron chi connectivity index (χ3n) is 11.6. The van der Waals surface area contributed by atoms with E-state index in [1.165, 1.54) is 5.57 Å². The van der Waals surface area contributed by atoms with Crippen LogP contribution in [0.2, 0.25) is 0 Å². The largest absolute Gasteiger partial charge is 0.504 e. The number of carboxylic acid groups (broad SMARTS) is 1. The fraction of sp³-hybridized carbons (Fsp3) is 0.690. The van der Waals surface area contributed by atoms with Crippen molar-refractivity contribution in [1.29, 1.82) is 0 Å². The minimum atomic E-state index is -0.660. The maximum Gasteiger partial charge on any atom is 0.309 e. The second kappa shape index (κ2) is 6.99. The van der Waals surface area contributed by atoms with Gasteiger partial charge in [0.05, 0.1) is 5.41 Å². The van der Waals surface area contributed by atoms with Gasteiger partial charge in [0.1, 0.15) is 0 Å². The molecule has 4 nitrogen and oxygen atoms in total. The number of benzene rings is 1. The van der Waals surface area contributed by atoms with E-state index >= 15 is 0 Å². The Bertz CT molecular complexity index is 1130. The van der Waals surface area contributed by atoms with E-state index < -0.39 is 11.4 Å². The zero-order valence-corrected chi connectivity index (χ0v) is 22.4. The van der Waals surface area contributed by atoms with Crippen LogP contribution in [0.3, 0.4) is 0 Å². The van der Waals surface area contributed by atoms with E-state index in [4.69, 9.17) is 12.6 Å². The highest BCUT2D eigenvalue weighted by atomic mass is 32.1. The van der Waals surface area contributed by atoms with Crippen LogP contribution < -0.4 is 0 Å². The monoisotopic (exact) mass is 484 g/mol. The first-order valence-electron chi connectivity index (χ1n) is 12.8. The molecule has 3 saturated carbocycles. The first kappa shape index (κ1) is 24.1. The van der Waals surface area contributed by atoms with Gasteiger partial charge in [0, 0.05) is 10.7 Å². The summed E-state index contributed by atoms with van der Waals surface area (Å²) >= 11 is 4.98. The van der Waals surface area contributed by atoms with E-state index in [1.807, 2.05) is 13.8 Å². The third-order valence-corrected chi connectivity index (χ3v) is 12.0. The highest BCUT2D eigenvalue weighted by Crippen LogP contribution is 2.75. The number of allylic oxidation sites excluding steroid dienone is 1. The first-order valence-corrected chi connectivity index (χ1v) is 13.3. The van der Waals surface area contributed by atoms with E-state index in [0.717, 1.165) is 56.1 Å². The predicted molar refractivity (Wildman–Crippen MR) is 138 cm³/mol. The van der Waals surface area contributed by atoms with Crippen molar-refractivity contribution in [2.24, 2.45) is 27.6 Å². The summed E-state index contributed by atoms with van der Waals surface area (Å²) in [7, 11) is 0. The molecule has 0 aliphatic heterocycles. The second-order valence-electron chi connectivity index (χ2n) is 13.2. The van der Waals surface area contributed by atoms with Gasteiger partial charge in [-0.15, -0.1) is 0 Å². The van der Waals surface area contributed by atoms with Gasteiger partial charge < -0.3 is 15.3 Å². The molecule has 0 bridgehead atoms. The number of thiol groups is 1. The molecule has 0 amide bonds. The lowest BCUT2D eigenvalue weighted by Gasteiger charge is -2.70. The number of aliphatic carboxylic acids is 1. The predicted octanol–water partition coefficient (Wildman–Crippen LogP) is 7.07. The van der Waals surface area contributed by atoms with Crippen LogP contribution in [0, 0.1) is 34.5 Å². The Morgan fingerprint density at radius 3 is 2.29 bits per heavy atom. The molecule has 0 spiro atoms. The summed E-state index contributed by atoms with van der Waals surface area (Å²) in [6.07, 6.45) is 8.96. The second-order valence-corrected chi connectivity index (χ2v) is 13.8. The number of rotatable bonds is 1. The average molecular weight is 485 g/mol. The Morgan fingerprint density at radius 2 is 1.65 bits per heavy atom. The van der Waals surface area contributed by atoms with Gasteiger partial charge in [-0.3, -0.25) is 4.79 Å². The van der Waals surface area contributed by atoms with Crippen LogP contribution in [0.15, 0.2) is 17.7 Å². The van der Waals surface area contributed by atoms with Gasteiger partial charge in [0.25, 0.3) is 0 Å². The van der Waals surface area contributed by atoms with E-state index in [9.17, 15) is 20.1 Å². The SMILES string of the molecule is Cc1c(O)c(O)cc2c1[C@H](S)C=C1[C@@]2(C)CC[C@@]2(C)[C@@H]3C[C@](C)(C(=O)O)CC[C@]3(C)CC[C@]12C. The van der Waals surface area contributed by atoms with Crippen LogP contribution in [-0.2, 0) is 10.2 Å². The fourth-order valence-electron chi connectivity index (χ4n) is 8.90. The Kier molecular flexibility index (Phi) is 4.95. The molecule has 5 rings (SSSR count). The number of hydrogen-bond acceptors (Lipinski definition) is 4. The number of phenols is 2. The third kappa shape index (κ3) is 2.77. The van der Waals surface area contributed by atoms with Crippen molar-refractivity contribution in [2.45, 2.75) is 97.2 Å². The summed E-state index contributed by atoms with van der Waals surface area (Å²) in [5.41, 5.74) is 3.40. The van der Waals surface area contributed by atoms with Crippen molar-refractivity contribution in [2.75, 3.05) is 0 Å². The lowest BCUT2D eigenvalue weighted by molar-refractivity contribution is -0.177. The number of hydrogen-bond donors (Lipinski definition) is 4. The van der Waals surface area contributed by atoms with Crippen LogP contribution in [0.25, 0.3) is 0 Å². The lowest BCUT2D eigenvalue weighted by Crippen LogP contribution is -2.62. The summed E-state index contributed by atoms with van der Waals surface area (Å²) < 4.78 is 0. The molecule has 3 fully saturated rings. The van der Waals surface area contributed by atoms with Crippen molar-refractivity contribution < 1.29 is 20.1 Å². The Morgan fingerprint density at radius 1 is 1.00 bits per heavy atom. The molecule has 3 N–H and O–H groups in total. The lowest BCUT2D eigenvalue weighted by atomic mass is 9.34. The molecular weight excluding hydrogens is 444 g/mol. The van der Waals surface area contributed by atoms with Crippen molar-refractivity contribution in [1.82, 2.24) is 0 Å². The summed E-state index contributed by atoms with van der Waals surface area (Å²) in [4.78, 5) is 12.3. The van der Waals surface area contributed by atoms with Gasteiger partial charge in [-0.05, 0) is 104 Å². The van der Waals surface area contributed by atoms with Crippen molar-refractivity contribution in [3.8, 4) is 11.5 Å². The standard InChI is InChI=1S/C29H40O4S/c1-16-22-17(13-18(30)23(16)31)27(4)10-12-29(6)21-15-26(3,24(32)33)8-7-25(21,2)9-11-28(29,5)20(27)14-19(22)34/h13-14,19,21,30-31,34H,7-12,15H2,1-6H3,(H,32,33)/t19-,21-,25-,26-,27+,28-,29+/m1/s1. The van der Waals surface area contributed by atoms with Gasteiger partial charge in [-0.1, -0.05) is 39.3 Å². The number of carbonyl (C=O) groups is 1. The smallest absolute Gasteiger partial charge is 0.309 e. The molecule has 0 saturated heterocycles. The van der Waals surface area contributed by atoms with E-state index in [-0.39, 0.29) is 38.4 Å². The topological polar surface area (TPSA) is 77.8 Å². The average Bonchev–Trinajstić information content (AvgIpc) is 2.77. The van der Waals surface area contributed by atoms with Crippen LogP contribution in [0.5, 0.6) is 11.5 Å². The molecule has 0 unspecified atom stereocenters. The zero-order chi connectivity index (χ0) is 25.1. The van der Waals surface area contributed by atoms with Crippen LogP contribution >= 0.6 is 12.6 Å².